The summed E-state index contributed by atoms with van der Waals surface area (Å²) in [7, 11) is 0. The second-order valence-electron chi connectivity index (χ2n) is 8.80. The second-order valence-corrected chi connectivity index (χ2v) is 8.80. The Morgan fingerprint density at radius 2 is 1.55 bits per heavy atom. The summed E-state index contributed by atoms with van der Waals surface area (Å²) in [5, 5.41) is 3.15. The van der Waals surface area contributed by atoms with Crippen LogP contribution in [0.2, 0.25) is 0 Å². The van der Waals surface area contributed by atoms with Crippen molar-refractivity contribution < 1.29 is 9.59 Å². The van der Waals surface area contributed by atoms with Gasteiger partial charge in [0.15, 0.2) is 0 Å². The number of hydrogen-bond donors (Lipinski definition) is 1. The van der Waals surface area contributed by atoms with Crippen molar-refractivity contribution in [1.29, 1.82) is 0 Å². The number of anilines is 1. The molecular weight excluding hydrogens is 360 g/mol. The summed E-state index contributed by atoms with van der Waals surface area (Å²) < 4.78 is 0. The molecule has 2 aliphatic carbocycles. The first-order valence-corrected chi connectivity index (χ1v) is 11.0. The number of nitrogens with one attached hydrogen (secondary N) is 1. The van der Waals surface area contributed by atoms with Crippen LogP contribution < -0.4 is 5.32 Å². The molecule has 1 heterocycles. The van der Waals surface area contributed by atoms with Crippen LogP contribution in [0, 0.1) is 0 Å². The van der Waals surface area contributed by atoms with Gasteiger partial charge in [-0.1, -0.05) is 62.1 Å². The Hall–Kier alpha value is -2.62. The smallest absolute Gasteiger partial charge is 0.254 e. The van der Waals surface area contributed by atoms with Crippen molar-refractivity contribution in [3.05, 3.63) is 65.7 Å². The van der Waals surface area contributed by atoms with Gasteiger partial charge in [0.25, 0.3) is 5.91 Å². The van der Waals surface area contributed by atoms with Gasteiger partial charge in [0.1, 0.15) is 0 Å². The lowest BCUT2D eigenvalue weighted by Gasteiger charge is -2.52. The number of nitrogens with zero attached hydrogens (tertiary/aromatic N) is 1. The molecule has 5 rings (SSSR count). The summed E-state index contributed by atoms with van der Waals surface area (Å²) >= 11 is 0. The zero-order chi connectivity index (χ0) is 19.8. The van der Waals surface area contributed by atoms with Gasteiger partial charge in [0.2, 0.25) is 5.91 Å². The van der Waals surface area contributed by atoms with Crippen molar-refractivity contribution >= 4 is 17.5 Å². The molecule has 0 saturated heterocycles. The minimum absolute atomic E-state index is 0.0149. The number of hydrogen-bond acceptors (Lipinski definition) is 2. The summed E-state index contributed by atoms with van der Waals surface area (Å²) in [6, 6.07) is 17.7. The molecule has 2 fully saturated rings. The molecule has 2 saturated carbocycles. The Morgan fingerprint density at radius 1 is 0.897 bits per heavy atom. The first-order valence-electron chi connectivity index (χ1n) is 11.0. The van der Waals surface area contributed by atoms with Gasteiger partial charge in [0, 0.05) is 17.3 Å². The first-order chi connectivity index (χ1) is 14.2. The van der Waals surface area contributed by atoms with Crippen LogP contribution in [0.1, 0.15) is 73.2 Å². The van der Waals surface area contributed by atoms with Crippen LogP contribution in [0.4, 0.5) is 5.69 Å². The molecule has 1 unspecified atom stereocenters. The fourth-order valence-electron chi connectivity index (χ4n) is 6.03. The molecule has 2 amide bonds. The monoisotopic (exact) mass is 388 g/mol. The largest absolute Gasteiger partial charge is 0.329 e. The summed E-state index contributed by atoms with van der Waals surface area (Å²) in [4.78, 5) is 29.6. The molecule has 0 bridgehead atoms. The zero-order valence-electron chi connectivity index (χ0n) is 16.8. The summed E-state index contributed by atoms with van der Waals surface area (Å²) in [5.74, 6) is -0.168. The van der Waals surface area contributed by atoms with Gasteiger partial charge in [-0.05, 0) is 49.4 Å². The highest BCUT2D eigenvalue weighted by atomic mass is 16.2. The van der Waals surface area contributed by atoms with E-state index in [0.29, 0.717) is 5.56 Å². The highest BCUT2D eigenvalue weighted by Gasteiger charge is 2.57. The third-order valence-corrected chi connectivity index (χ3v) is 7.20. The minimum Gasteiger partial charge on any atom is -0.329 e. The molecule has 3 aliphatic rings. The van der Waals surface area contributed by atoms with Crippen LogP contribution in [-0.2, 0) is 4.79 Å². The fraction of sp³-hybridized carbons (Fsp3) is 0.440. The highest BCUT2D eigenvalue weighted by molar-refractivity contribution is 6.05. The molecule has 1 N–H and O–H groups in total. The van der Waals surface area contributed by atoms with E-state index >= 15 is 0 Å². The van der Waals surface area contributed by atoms with Crippen LogP contribution in [0.5, 0.6) is 0 Å². The Labute approximate surface area is 172 Å². The molecule has 1 atom stereocenters. The molecular formula is C25H28N2O2. The van der Waals surface area contributed by atoms with E-state index < -0.39 is 0 Å². The Kier molecular flexibility index (Phi) is 4.65. The van der Waals surface area contributed by atoms with Gasteiger partial charge in [-0.3, -0.25) is 9.59 Å². The zero-order valence-corrected chi connectivity index (χ0v) is 16.8. The van der Waals surface area contributed by atoms with Crippen molar-refractivity contribution in [1.82, 2.24) is 4.90 Å². The van der Waals surface area contributed by atoms with Crippen LogP contribution in [-0.4, -0.2) is 28.3 Å². The molecule has 2 aromatic rings. The maximum absolute atomic E-state index is 13.7. The fourth-order valence-corrected chi connectivity index (χ4v) is 6.03. The number of para-hydroxylation sites is 1. The molecule has 150 valence electrons. The van der Waals surface area contributed by atoms with Crippen molar-refractivity contribution in [2.45, 2.75) is 68.9 Å². The summed E-state index contributed by atoms with van der Waals surface area (Å²) in [6.07, 6.45) is 8.44. The number of fused-ring (bicyclic) bond motifs is 1. The van der Waals surface area contributed by atoms with E-state index in [1.54, 1.807) is 0 Å². The highest BCUT2D eigenvalue weighted by Crippen LogP contribution is 2.52. The quantitative estimate of drug-likeness (QED) is 0.793. The Morgan fingerprint density at radius 3 is 2.28 bits per heavy atom. The number of carbonyl (C=O) groups excluding carboxylic acids is 2. The number of rotatable bonds is 3. The van der Waals surface area contributed by atoms with E-state index in [1.165, 1.54) is 12.8 Å². The minimum atomic E-state index is -0.390. The molecule has 4 nitrogen and oxygen atoms in total. The Balaban J connectivity index is 1.62. The lowest BCUT2D eigenvalue weighted by Crippen LogP contribution is -2.62. The van der Waals surface area contributed by atoms with Crippen LogP contribution in [0.15, 0.2) is 54.6 Å². The van der Waals surface area contributed by atoms with Crippen molar-refractivity contribution in [2.75, 3.05) is 5.32 Å². The number of carbonyl (C=O) groups is 2. The molecule has 0 radical (unpaired) electrons. The first kappa shape index (κ1) is 18.4. The van der Waals surface area contributed by atoms with E-state index in [1.807, 2.05) is 54.6 Å². The average molecular weight is 389 g/mol. The predicted molar refractivity (Wildman–Crippen MR) is 114 cm³/mol. The maximum atomic E-state index is 13.7. The predicted octanol–water partition coefficient (Wildman–Crippen LogP) is 5.12. The topological polar surface area (TPSA) is 49.4 Å². The number of amides is 2. The van der Waals surface area contributed by atoms with E-state index in [-0.39, 0.29) is 29.3 Å². The van der Waals surface area contributed by atoms with Gasteiger partial charge in [-0.15, -0.1) is 0 Å². The van der Waals surface area contributed by atoms with Crippen LogP contribution in [0.3, 0.4) is 0 Å². The van der Waals surface area contributed by atoms with E-state index in [2.05, 4.69) is 10.2 Å². The Bertz CT molecular complexity index is 911. The molecule has 29 heavy (non-hydrogen) atoms. The van der Waals surface area contributed by atoms with Gasteiger partial charge in [-0.2, -0.15) is 0 Å². The van der Waals surface area contributed by atoms with E-state index in [9.17, 15) is 9.59 Å². The normalized spacial score (nSPS) is 23.4. The number of benzene rings is 2. The van der Waals surface area contributed by atoms with Crippen molar-refractivity contribution in [3.8, 4) is 0 Å². The molecule has 2 aromatic carbocycles. The summed E-state index contributed by atoms with van der Waals surface area (Å²) in [5.41, 5.74) is 2.04. The molecule has 0 aromatic heterocycles. The van der Waals surface area contributed by atoms with Crippen LogP contribution >= 0.6 is 0 Å². The van der Waals surface area contributed by atoms with Gasteiger partial charge < -0.3 is 10.2 Å². The standard InChI is InChI=1S/C25H28N2O2/c28-23(26-18-10-2-1-3-11-18)22-20-14-6-7-15-21(20)24(29)27(19-12-4-5-13-19)25(22)16-8-9-17-25/h1-3,6-7,10-11,14-15,19,22H,4-5,8-9,12-13,16-17H2,(H,26,28). The van der Waals surface area contributed by atoms with Crippen LogP contribution in [0.25, 0.3) is 0 Å². The molecule has 1 spiro atoms. The third kappa shape index (κ3) is 2.97. The lowest BCUT2D eigenvalue weighted by atomic mass is 9.70. The SMILES string of the molecule is O=C(Nc1ccccc1)C1c2ccccc2C(=O)N(C2CCCC2)C12CCCC2. The lowest BCUT2D eigenvalue weighted by molar-refractivity contribution is -0.121. The maximum Gasteiger partial charge on any atom is 0.254 e. The average Bonchev–Trinajstić information content (AvgIpc) is 3.42. The summed E-state index contributed by atoms with van der Waals surface area (Å²) in [6.45, 7) is 0. The third-order valence-electron chi connectivity index (χ3n) is 7.20. The van der Waals surface area contributed by atoms with Gasteiger partial charge in [0.05, 0.1) is 11.5 Å². The van der Waals surface area contributed by atoms with E-state index in [4.69, 9.17) is 0 Å². The second kappa shape index (κ2) is 7.33. The van der Waals surface area contributed by atoms with Gasteiger partial charge >= 0.3 is 0 Å². The van der Waals surface area contributed by atoms with Gasteiger partial charge in [-0.25, -0.2) is 0 Å². The molecule has 4 heteroatoms. The van der Waals surface area contributed by atoms with E-state index in [0.717, 1.165) is 49.8 Å². The molecule has 1 aliphatic heterocycles. The van der Waals surface area contributed by atoms with Crippen molar-refractivity contribution in [2.24, 2.45) is 0 Å². The van der Waals surface area contributed by atoms with Crippen molar-refractivity contribution in [3.63, 3.8) is 0 Å².